The van der Waals surface area contributed by atoms with Gasteiger partial charge in [-0.2, -0.15) is 0 Å². The molecule has 0 radical (unpaired) electrons. The van der Waals surface area contributed by atoms with Crippen LogP contribution in [0.2, 0.25) is 0 Å². The first-order chi connectivity index (χ1) is 13.8. The van der Waals surface area contributed by atoms with Gasteiger partial charge in [-0.05, 0) is 37.0 Å². The zero-order valence-corrected chi connectivity index (χ0v) is 17.0. The number of fused-ring (bicyclic) bond motifs is 1. The lowest BCUT2D eigenvalue weighted by Gasteiger charge is -2.23. The predicted octanol–water partition coefficient (Wildman–Crippen LogP) is 3.15. The molecule has 0 unspecified atom stereocenters. The summed E-state index contributed by atoms with van der Waals surface area (Å²) in [4.78, 5) is 31.0. The predicted molar refractivity (Wildman–Crippen MR) is 111 cm³/mol. The highest BCUT2D eigenvalue weighted by Crippen LogP contribution is 2.36. The van der Waals surface area contributed by atoms with E-state index in [4.69, 9.17) is 0 Å². The highest BCUT2D eigenvalue weighted by atomic mass is 32.1. The van der Waals surface area contributed by atoms with Crippen LogP contribution in [0, 0.1) is 0 Å². The molecule has 28 heavy (non-hydrogen) atoms. The summed E-state index contributed by atoms with van der Waals surface area (Å²) in [5.41, 5.74) is 1.38. The van der Waals surface area contributed by atoms with Crippen molar-refractivity contribution >= 4 is 23.2 Å². The molecule has 1 saturated heterocycles. The maximum Gasteiger partial charge on any atom is 0.264 e. The van der Waals surface area contributed by atoms with Crippen LogP contribution in [0.3, 0.4) is 0 Å². The molecule has 0 N–H and O–H groups in total. The van der Waals surface area contributed by atoms with Gasteiger partial charge in [0, 0.05) is 62.6 Å². The Morgan fingerprint density at radius 3 is 2.61 bits per heavy atom. The molecule has 0 spiro atoms. The number of hydrogen-bond acceptors (Lipinski definition) is 6. The molecule has 6 nitrogen and oxygen atoms in total. The van der Waals surface area contributed by atoms with Gasteiger partial charge in [-0.15, -0.1) is 11.3 Å². The molecule has 1 amide bonds. The largest absolute Gasteiger partial charge is 0.339 e. The number of amides is 1. The Hall–Kier alpha value is -1.99. The molecule has 2 aromatic heterocycles. The first-order valence-electron chi connectivity index (χ1n) is 10.4. The SMILES string of the molecule is O=C(c1cc2c(s1)CN(C1CCCC1)C2)N1CCCN(c2ncccn2)CC1. The van der Waals surface area contributed by atoms with Gasteiger partial charge in [0.25, 0.3) is 5.91 Å². The average Bonchev–Trinajstić information content (AvgIpc) is 3.41. The van der Waals surface area contributed by atoms with E-state index in [0.717, 1.165) is 62.6 Å². The standard InChI is InChI=1S/C21H27N5OS/c27-20(24-9-4-10-25(12-11-24)21-22-7-3-8-23-21)18-13-16-14-26(15-19(16)28-18)17-5-1-2-6-17/h3,7-8,13,17H,1-2,4-6,9-12,14-15H2. The Labute approximate surface area is 170 Å². The van der Waals surface area contributed by atoms with Crippen molar-refractivity contribution in [2.24, 2.45) is 0 Å². The Bertz CT molecular complexity index is 809. The Morgan fingerprint density at radius 2 is 1.82 bits per heavy atom. The number of nitrogens with zero attached hydrogens (tertiary/aromatic N) is 5. The van der Waals surface area contributed by atoms with E-state index < -0.39 is 0 Å². The van der Waals surface area contributed by atoms with Gasteiger partial charge in [0.2, 0.25) is 5.95 Å². The van der Waals surface area contributed by atoms with Crippen LogP contribution in [-0.2, 0) is 13.1 Å². The van der Waals surface area contributed by atoms with Crippen molar-refractivity contribution in [3.05, 3.63) is 39.8 Å². The molecule has 0 aromatic carbocycles. The van der Waals surface area contributed by atoms with Crippen molar-refractivity contribution in [3.63, 3.8) is 0 Å². The van der Waals surface area contributed by atoms with Gasteiger partial charge in [-0.1, -0.05) is 12.8 Å². The summed E-state index contributed by atoms with van der Waals surface area (Å²) in [5, 5.41) is 0. The van der Waals surface area contributed by atoms with Crippen LogP contribution in [-0.4, -0.2) is 57.9 Å². The van der Waals surface area contributed by atoms with E-state index in [0.29, 0.717) is 0 Å². The van der Waals surface area contributed by atoms with E-state index in [1.54, 1.807) is 23.7 Å². The maximum atomic E-state index is 13.1. The van der Waals surface area contributed by atoms with Gasteiger partial charge < -0.3 is 9.80 Å². The fraction of sp³-hybridized carbons (Fsp3) is 0.571. The third kappa shape index (κ3) is 3.53. The zero-order valence-electron chi connectivity index (χ0n) is 16.2. The normalized spacial score (nSPS) is 21.1. The number of carbonyl (C=O) groups excluding carboxylic acids is 1. The Morgan fingerprint density at radius 1 is 1.00 bits per heavy atom. The second-order valence-electron chi connectivity index (χ2n) is 8.08. The van der Waals surface area contributed by atoms with Crippen molar-refractivity contribution in [2.45, 2.75) is 51.2 Å². The van der Waals surface area contributed by atoms with Gasteiger partial charge in [-0.3, -0.25) is 9.69 Å². The van der Waals surface area contributed by atoms with Gasteiger partial charge in [0.1, 0.15) is 0 Å². The van der Waals surface area contributed by atoms with Crippen molar-refractivity contribution in [3.8, 4) is 0 Å². The number of anilines is 1. The van der Waals surface area contributed by atoms with Crippen LogP contribution < -0.4 is 4.90 Å². The fourth-order valence-corrected chi connectivity index (χ4v) is 5.93. The maximum absolute atomic E-state index is 13.1. The smallest absolute Gasteiger partial charge is 0.264 e. The van der Waals surface area contributed by atoms with Crippen LogP contribution in [0.25, 0.3) is 0 Å². The summed E-state index contributed by atoms with van der Waals surface area (Å²) in [6.45, 7) is 5.29. The van der Waals surface area contributed by atoms with E-state index in [1.807, 2.05) is 11.0 Å². The van der Waals surface area contributed by atoms with Gasteiger partial charge in [0.05, 0.1) is 4.88 Å². The molecule has 2 aliphatic heterocycles. The number of carbonyl (C=O) groups is 1. The number of aromatic nitrogens is 2. The van der Waals surface area contributed by atoms with Gasteiger partial charge in [-0.25, -0.2) is 9.97 Å². The Kier molecular flexibility index (Phi) is 5.03. The first-order valence-corrected chi connectivity index (χ1v) is 11.3. The molecule has 2 fully saturated rings. The molecule has 5 rings (SSSR count). The van der Waals surface area contributed by atoms with Gasteiger partial charge in [0.15, 0.2) is 0 Å². The molecule has 1 saturated carbocycles. The minimum Gasteiger partial charge on any atom is -0.339 e. The summed E-state index contributed by atoms with van der Waals surface area (Å²) in [7, 11) is 0. The second kappa shape index (κ2) is 7.79. The number of rotatable bonds is 3. The lowest BCUT2D eigenvalue weighted by molar-refractivity contribution is 0.0771. The average molecular weight is 398 g/mol. The van der Waals surface area contributed by atoms with E-state index in [2.05, 4.69) is 25.8 Å². The molecular weight excluding hydrogens is 370 g/mol. The molecule has 3 aliphatic rings. The number of hydrogen-bond donors (Lipinski definition) is 0. The van der Waals surface area contributed by atoms with E-state index >= 15 is 0 Å². The monoisotopic (exact) mass is 397 g/mol. The van der Waals surface area contributed by atoms with Gasteiger partial charge >= 0.3 is 0 Å². The summed E-state index contributed by atoms with van der Waals surface area (Å²) in [6, 6.07) is 4.76. The minimum atomic E-state index is 0.197. The highest BCUT2D eigenvalue weighted by molar-refractivity contribution is 7.14. The zero-order chi connectivity index (χ0) is 18.9. The molecule has 1 aliphatic carbocycles. The van der Waals surface area contributed by atoms with E-state index in [-0.39, 0.29) is 5.91 Å². The molecule has 7 heteroatoms. The molecule has 148 valence electrons. The molecule has 2 aromatic rings. The van der Waals surface area contributed by atoms with Crippen molar-refractivity contribution in [2.75, 3.05) is 31.1 Å². The summed E-state index contributed by atoms with van der Waals surface area (Å²) in [5.74, 6) is 0.960. The molecule has 0 atom stereocenters. The van der Waals surface area contributed by atoms with Crippen LogP contribution in [0.4, 0.5) is 5.95 Å². The van der Waals surface area contributed by atoms with E-state index in [9.17, 15) is 4.79 Å². The highest BCUT2D eigenvalue weighted by Gasteiger charge is 2.31. The van der Waals surface area contributed by atoms with Crippen LogP contribution in [0.5, 0.6) is 0 Å². The topological polar surface area (TPSA) is 52.6 Å². The number of thiophene rings is 1. The quantitative estimate of drug-likeness (QED) is 0.796. The third-order valence-corrected chi connectivity index (χ3v) is 7.44. The van der Waals surface area contributed by atoms with Crippen LogP contribution in [0.15, 0.2) is 24.5 Å². The summed E-state index contributed by atoms with van der Waals surface area (Å²) < 4.78 is 0. The fourth-order valence-electron chi connectivity index (χ4n) is 4.76. The minimum absolute atomic E-state index is 0.197. The second-order valence-corrected chi connectivity index (χ2v) is 9.22. The molecule has 0 bridgehead atoms. The summed E-state index contributed by atoms with van der Waals surface area (Å²) in [6.07, 6.45) is 9.93. The van der Waals surface area contributed by atoms with Crippen LogP contribution >= 0.6 is 11.3 Å². The van der Waals surface area contributed by atoms with Crippen molar-refractivity contribution in [1.29, 1.82) is 0 Å². The Balaban J connectivity index is 1.22. The lowest BCUT2D eigenvalue weighted by atomic mass is 10.2. The summed E-state index contributed by atoms with van der Waals surface area (Å²) >= 11 is 1.72. The van der Waals surface area contributed by atoms with Crippen molar-refractivity contribution < 1.29 is 4.79 Å². The lowest BCUT2D eigenvalue weighted by Crippen LogP contribution is -2.35. The van der Waals surface area contributed by atoms with E-state index in [1.165, 1.54) is 36.1 Å². The van der Waals surface area contributed by atoms with Crippen LogP contribution in [0.1, 0.15) is 52.2 Å². The first kappa shape index (κ1) is 18.1. The third-order valence-electron chi connectivity index (χ3n) is 6.29. The van der Waals surface area contributed by atoms with Crippen molar-refractivity contribution in [1.82, 2.24) is 19.8 Å². The molecule has 4 heterocycles. The molecular formula is C21H27N5OS.